The zero-order chi connectivity index (χ0) is 53.3. The van der Waals surface area contributed by atoms with E-state index < -0.39 is 193 Å². The fourth-order valence-corrected chi connectivity index (χ4v) is 6.73. The van der Waals surface area contributed by atoms with Gasteiger partial charge in [-0.1, -0.05) is 133 Å². The van der Waals surface area contributed by atoms with Crippen molar-refractivity contribution in [3.8, 4) is 33.6 Å². The van der Waals surface area contributed by atoms with Crippen molar-refractivity contribution in [1.82, 2.24) is 9.13 Å². The van der Waals surface area contributed by atoms with E-state index in [1.165, 1.54) is 0 Å². The summed E-state index contributed by atoms with van der Waals surface area (Å²) in [6.45, 7) is 0. The molecule has 0 aliphatic rings. The maximum atomic E-state index is 9.87. The predicted molar refractivity (Wildman–Crippen MR) is 221 cm³/mol. The van der Waals surface area contributed by atoms with Crippen molar-refractivity contribution in [2.24, 2.45) is 0 Å². The highest BCUT2D eigenvalue weighted by Gasteiger charge is 2.20. The SMILES string of the molecule is [2H]c1c(-c2ccccc2)c([2H])c2c([2H])c(-n3c4c([2H])c([2H])c([2H])c([2H])c4c4c5c6c([2H])c([2H])c([2H])c([2H])c6n(-c6c([2H])c([2H])c7c([2H])c(-c8ccccc8)c([2H])c([2H])c7c6[2H])c5c([2H])c([2H])c43)c([2H])c([2H])c2c1[2H]. The highest BCUT2D eigenvalue weighted by atomic mass is 15.0. The highest BCUT2D eigenvalue weighted by molar-refractivity contribution is 6.29. The van der Waals surface area contributed by atoms with Crippen LogP contribution in [0.4, 0.5) is 0 Å². The third kappa shape index (κ3) is 4.38. The summed E-state index contributed by atoms with van der Waals surface area (Å²) in [5.74, 6) is 0. The normalized spacial score (nSPS) is 17.8. The first-order valence-corrected chi connectivity index (χ1v) is 16.2. The van der Waals surface area contributed by atoms with Gasteiger partial charge in [0.15, 0.2) is 0 Å². The van der Waals surface area contributed by atoms with Crippen LogP contribution in [0.25, 0.3) is 98.8 Å². The van der Waals surface area contributed by atoms with Crippen molar-refractivity contribution in [2.45, 2.75) is 0 Å². The molecule has 0 bridgehead atoms. The molecular formula is C50H32N2. The van der Waals surface area contributed by atoms with E-state index in [0.717, 1.165) is 9.13 Å². The molecule has 2 nitrogen and oxygen atoms in total. The second-order valence-electron chi connectivity index (χ2n) is 12.0. The molecule has 0 fully saturated rings. The zero-order valence-electron chi connectivity index (χ0n) is 48.7. The Bertz CT molecular complexity index is 4430. The van der Waals surface area contributed by atoms with Crippen LogP contribution in [0.5, 0.6) is 0 Å². The van der Waals surface area contributed by atoms with Crippen molar-refractivity contribution < 1.29 is 30.2 Å². The van der Waals surface area contributed by atoms with Crippen LogP contribution in [-0.2, 0) is 0 Å². The largest absolute Gasteiger partial charge is 0.309 e. The summed E-state index contributed by atoms with van der Waals surface area (Å²) in [5.41, 5.74) is -2.88. The average molecular weight is 683 g/mol. The molecule has 9 aromatic carbocycles. The molecule has 11 aromatic rings. The van der Waals surface area contributed by atoms with E-state index in [-0.39, 0.29) is 27.3 Å². The second kappa shape index (κ2) is 11.3. The summed E-state index contributed by atoms with van der Waals surface area (Å²) in [7, 11) is 0. The lowest BCUT2D eigenvalue weighted by molar-refractivity contribution is 1.18. The minimum absolute atomic E-state index is 0.0581. The molecule has 0 unspecified atom stereocenters. The molecule has 0 aliphatic carbocycles. The molecule has 0 saturated heterocycles. The van der Waals surface area contributed by atoms with Crippen molar-refractivity contribution in [3.05, 3.63) is 194 Å². The van der Waals surface area contributed by atoms with Gasteiger partial charge in [-0.25, -0.2) is 0 Å². The Labute approximate surface area is 331 Å². The lowest BCUT2D eigenvalue weighted by atomic mass is 10.0. The molecule has 2 heteroatoms. The van der Waals surface area contributed by atoms with Crippen molar-refractivity contribution in [3.63, 3.8) is 0 Å². The third-order valence-corrected chi connectivity index (χ3v) is 9.05. The lowest BCUT2D eigenvalue weighted by Crippen LogP contribution is -1.95. The van der Waals surface area contributed by atoms with Gasteiger partial charge in [0.05, 0.1) is 52.2 Å². The first-order valence-electron chi connectivity index (χ1n) is 27.2. The van der Waals surface area contributed by atoms with Crippen molar-refractivity contribution in [1.29, 1.82) is 0 Å². The number of fused-ring (bicyclic) bond motifs is 9. The number of hydrogen-bond donors (Lipinski definition) is 0. The third-order valence-electron chi connectivity index (χ3n) is 9.05. The van der Waals surface area contributed by atoms with E-state index in [2.05, 4.69) is 0 Å². The maximum absolute atomic E-state index is 9.87. The number of nitrogens with zero attached hydrogens (tertiary/aromatic N) is 2. The van der Waals surface area contributed by atoms with Gasteiger partial charge in [0.25, 0.3) is 0 Å². The fraction of sp³-hybridized carbons (Fsp3) is 0. The van der Waals surface area contributed by atoms with Gasteiger partial charge >= 0.3 is 0 Å². The number of rotatable bonds is 4. The molecule has 242 valence electrons. The summed E-state index contributed by atoms with van der Waals surface area (Å²) >= 11 is 0. The number of para-hydroxylation sites is 2. The minimum atomic E-state index is -0.858. The smallest absolute Gasteiger partial charge is 0.0651 e. The van der Waals surface area contributed by atoms with Crippen LogP contribution in [-0.4, -0.2) is 9.13 Å². The summed E-state index contributed by atoms with van der Waals surface area (Å²) in [4.78, 5) is 0. The van der Waals surface area contributed by atoms with E-state index >= 15 is 0 Å². The number of hydrogen-bond acceptors (Lipinski definition) is 0. The molecule has 52 heavy (non-hydrogen) atoms. The predicted octanol–water partition coefficient (Wildman–Crippen LogP) is 13.5. The Morgan fingerprint density at radius 3 is 1.35 bits per heavy atom. The van der Waals surface area contributed by atoms with Gasteiger partial charge in [0, 0.05) is 32.9 Å². The second-order valence-corrected chi connectivity index (χ2v) is 12.0. The fourth-order valence-electron chi connectivity index (χ4n) is 6.73. The molecule has 0 radical (unpaired) electrons. The van der Waals surface area contributed by atoms with Gasteiger partial charge < -0.3 is 9.13 Å². The summed E-state index contributed by atoms with van der Waals surface area (Å²) in [6.07, 6.45) is 0. The molecule has 0 amide bonds. The van der Waals surface area contributed by atoms with E-state index in [0.29, 0.717) is 11.1 Å². The topological polar surface area (TPSA) is 9.86 Å². The van der Waals surface area contributed by atoms with Gasteiger partial charge in [0.2, 0.25) is 0 Å². The van der Waals surface area contributed by atoms with E-state index in [4.69, 9.17) is 9.60 Å². The van der Waals surface area contributed by atoms with Gasteiger partial charge in [-0.2, -0.15) is 0 Å². The summed E-state index contributed by atoms with van der Waals surface area (Å²) < 4.78 is 207. The Balaban J connectivity index is 1.40. The zero-order valence-corrected chi connectivity index (χ0v) is 26.7. The molecule has 11 rings (SSSR count). The van der Waals surface area contributed by atoms with Crippen LogP contribution < -0.4 is 0 Å². The van der Waals surface area contributed by atoms with Crippen LogP contribution in [0.1, 0.15) is 30.2 Å². The van der Waals surface area contributed by atoms with E-state index in [1.54, 1.807) is 60.7 Å². The molecule has 0 N–H and O–H groups in total. The lowest BCUT2D eigenvalue weighted by Gasteiger charge is -2.12. The summed E-state index contributed by atoms with van der Waals surface area (Å²) in [6, 6.07) is 0.236. The average Bonchev–Trinajstić information content (AvgIpc) is 3.94. The standard InChI is InChI=1S/C50H32N2/c1-3-11-33(12-4-1)36-21-22-39-31-41(26-24-38(39)29-36)51-45-17-9-7-15-43(45)49-47(51)27-28-48-50(49)44-16-8-10-18-46(44)52(48)42-25-23-35-19-20-37(30-40(35)32-42)34-13-5-2-6-14-34/h1-32H/i7D,8D,9D,10D,15D,16D,17D,18D,19D,20D,21D,22D,23D,24D,25D,26D,27D,28D,29D,30D,31D,32D. The van der Waals surface area contributed by atoms with Crippen LogP contribution in [0.15, 0.2) is 194 Å². The molecule has 0 saturated carbocycles. The van der Waals surface area contributed by atoms with Crippen LogP contribution in [0.3, 0.4) is 0 Å². The number of benzene rings is 9. The minimum Gasteiger partial charge on any atom is -0.309 e. The van der Waals surface area contributed by atoms with Gasteiger partial charge in [-0.05, 0) is 104 Å². The van der Waals surface area contributed by atoms with Crippen LogP contribution in [0.2, 0.25) is 0 Å². The Hall–Kier alpha value is -6.90. The highest BCUT2D eigenvalue weighted by Crippen LogP contribution is 2.43. The van der Waals surface area contributed by atoms with Gasteiger partial charge in [-0.15, -0.1) is 0 Å². The summed E-state index contributed by atoms with van der Waals surface area (Å²) in [5, 5.41) is -3.30. The Kier molecular flexibility index (Phi) is 3.21. The van der Waals surface area contributed by atoms with Crippen molar-refractivity contribution >= 4 is 65.2 Å². The molecule has 2 heterocycles. The molecule has 2 aromatic heterocycles. The molecule has 0 aliphatic heterocycles. The van der Waals surface area contributed by atoms with E-state index in [9.17, 15) is 20.6 Å². The molecule has 0 atom stereocenters. The Morgan fingerprint density at radius 1 is 0.327 bits per heavy atom. The maximum Gasteiger partial charge on any atom is 0.0651 e. The van der Waals surface area contributed by atoms with Gasteiger partial charge in [0.1, 0.15) is 0 Å². The number of aromatic nitrogens is 2. The van der Waals surface area contributed by atoms with Crippen LogP contribution >= 0.6 is 0 Å². The van der Waals surface area contributed by atoms with Gasteiger partial charge in [-0.3, -0.25) is 0 Å². The van der Waals surface area contributed by atoms with E-state index in [1.807, 2.05) is 0 Å². The molecular weight excluding hydrogens is 629 g/mol. The van der Waals surface area contributed by atoms with Crippen LogP contribution in [0, 0.1) is 0 Å². The quantitative estimate of drug-likeness (QED) is 0.175. The first kappa shape index (κ1) is 14.8. The van der Waals surface area contributed by atoms with Crippen molar-refractivity contribution in [2.75, 3.05) is 0 Å². The first-order chi connectivity index (χ1) is 35.0. The monoisotopic (exact) mass is 682 g/mol. The Morgan fingerprint density at radius 2 is 0.769 bits per heavy atom. The molecule has 0 spiro atoms.